The molecule has 5 fully saturated rings. The van der Waals surface area contributed by atoms with Gasteiger partial charge in [0.2, 0.25) is 0 Å². The second-order valence-corrected chi connectivity index (χ2v) is 9.26. The van der Waals surface area contributed by atoms with E-state index < -0.39 is 0 Å². The lowest BCUT2D eigenvalue weighted by Crippen LogP contribution is -2.42. The molecular formula is C20H26O2. The molecule has 0 spiro atoms. The van der Waals surface area contributed by atoms with Gasteiger partial charge in [-0.2, -0.15) is 0 Å². The number of ether oxygens (including phenoxy) is 1. The molecule has 5 saturated carbocycles. The summed E-state index contributed by atoms with van der Waals surface area (Å²) in [7, 11) is 1.54. The van der Waals surface area contributed by atoms with Crippen molar-refractivity contribution in [1.82, 2.24) is 0 Å². The van der Waals surface area contributed by atoms with Crippen LogP contribution >= 0.6 is 0 Å². The molecule has 6 aliphatic carbocycles. The molecule has 11 unspecified atom stereocenters. The number of fused-ring (bicyclic) bond motifs is 16. The number of carbonyl (C=O) groups excluding carboxylic acids is 1. The molecule has 22 heavy (non-hydrogen) atoms. The first-order chi connectivity index (χ1) is 10.8. The Kier molecular flexibility index (Phi) is 2.29. The second-order valence-electron chi connectivity index (χ2n) is 9.26. The van der Waals surface area contributed by atoms with Crippen molar-refractivity contribution >= 4 is 5.97 Å². The van der Waals surface area contributed by atoms with Gasteiger partial charge in [-0.15, -0.1) is 0 Å². The van der Waals surface area contributed by atoms with Crippen LogP contribution in [0.1, 0.15) is 32.1 Å². The lowest BCUT2D eigenvalue weighted by atomic mass is 9.59. The summed E-state index contributed by atoms with van der Waals surface area (Å²) in [5, 5.41) is 0. The van der Waals surface area contributed by atoms with Gasteiger partial charge in [-0.05, 0) is 90.8 Å². The molecule has 6 rings (SSSR count). The number of allylic oxidation sites excluding steroid dienone is 2. The van der Waals surface area contributed by atoms with E-state index in [1.807, 2.05) is 0 Å². The van der Waals surface area contributed by atoms with Crippen LogP contribution in [0.3, 0.4) is 0 Å². The third-order valence-electron chi connectivity index (χ3n) is 9.03. The van der Waals surface area contributed by atoms with E-state index in [1.165, 1.54) is 25.7 Å². The van der Waals surface area contributed by atoms with Crippen LogP contribution in [0.15, 0.2) is 12.2 Å². The summed E-state index contributed by atoms with van der Waals surface area (Å²) in [5.74, 6) is 10.5. The van der Waals surface area contributed by atoms with Crippen LogP contribution in [-0.2, 0) is 9.53 Å². The van der Waals surface area contributed by atoms with Gasteiger partial charge in [0.15, 0.2) is 0 Å². The number of hydrogen-bond acceptors (Lipinski definition) is 2. The van der Waals surface area contributed by atoms with Crippen molar-refractivity contribution in [1.29, 1.82) is 0 Å². The average molecular weight is 298 g/mol. The van der Waals surface area contributed by atoms with Crippen molar-refractivity contribution in [2.24, 2.45) is 65.1 Å². The monoisotopic (exact) mass is 298 g/mol. The Labute approximate surface area is 132 Å². The molecule has 0 aromatic heterocycles. The van der Waals surface area contributed by atoms with Gasteiger partial charge in [0.05, 0.1) is 7.11 Å². The minimum absolute atomic E-state index is 0.0259. The topological polar surface area (TPSA) is 26.3 Å². The summed E-state index contributed by atoms with van der Waals surface area (Å²) in [5.41, 5.74) is 0. The standard InChI is InChI=1S/C20H26O2/c1-22-16(21)7-11-5-12-6-13(11)20-15-8-14(19(12)20)17-9-2-3-10(4-9)18(15)17/h2-3,9-15,17-20H,4-8H2,1H3. The molecule has 0 saturated heterocycles. The summed E-state index contributed by atoms with van der Waals surface area (Å²) in [6.45, 7) is 0. The highest BCUT2D eigenvalue weighted by atomic mass is 16.5. The molecule has 118 valence electrons. The first-order valence-electron chi connectivity index (χ1n) is 9.51. The van der Waals surface area contributed by atoms with Crippen molar-refractivity contribution in [2.45, 2.75) is 32.1 Å². The number of carbonyl (C=O) groups is 1. The molecule has 0 aromatic carbocycles. The molecule has 2 heteroatoms. The number of methoxy groups -OCH3 is 1. The summed E-state index contributed by atoms with van der Waals surface area (Å²) < 4.78 is 4.95. The maximum Gasteiger partial charge on any atom is 0.305 e. The molecule has 6 aliphatic rings. The Morgan fingerprint density at radius 2 is 1.64 bits per heavy atom. The quantitative estimate of drug-likeness (QED) is 0.443. The molecule has 0 aromatic rings. The molecule has 0 radical (unpaired) electrons. The molecular weight excluding hydrogens is 272 g/mol. The SMILES string of the molecule is COC(=O)CC1CC2CC1C1C3CC(C4C5C=CC(C5)C34)C21. The predicted molar refractivity (Wildman–Crippen MR) is 82.6 cm³/mol. The Bertz CT molecular complexity index is 566. The van der Waals surface area contributed by atoms with E-state index in [2.05, 4.69) is 12.2 Å². The van der Waals surface area contributed by atoms with Crippen LogP contribution in [0.25, 0.3) is 0 Å². The minimum atomic E-state index is 0.0259. The third kappa shape index (κ3) is 1.29. The first kappa shape index (κ1) is 12.6. The number of esters is 1. The Morgan fingerprint density at radius 1 is 0.909 bits per heavy atom. The van der Waals surface area contributed by atoms with Crippen LogP contribution in [-0.4, -0.2) is 13.1 Å². The Hall–Kier alpha value is -0.790. The van der Waals surface area contributed by atoms with E-state index in [0.717, 1.165) is 59.2 Å². The van der Waals surface area contributed by atoms with Crippen molar-refractivity contribution in [3.8, 4) is 0 Å². The summed E-state index contributed by atoms with van der Waals surface area (Å²) >= 11 is 0. The van der Waals surface area contributed by atoms with Gasteiger partial charge in [-0.25, -0.2) is 0 Å². The largest absolute Gasteiger partial charge is 0.469 e. The fraction of sp³-hybridized carbons (Fsp3) is 0.850. The second kappa shape index (κ2) is 3.99. The van der Waals surface area contributed by atoms with Crippen LogP contribution in [0, 0.1) is 65.1 Å². The van der Waals surface area contributed by atoms with E-state index in [0.29, 0.717) is 12.3 Å². The first-order valence-corrected chi connectivity index (χ1v) is 9.51. The van der Waals surface area contributed by atoms with Gasteiger partial charge in [-0.3, -0.25) is 4.79 Å². The zero-order valence-electron chi connectivity index (χ0n) is 13.4. The van der Waals surface area contributed by atoms with Crippen molar-refractivity contribution in [3.63, 3.8) is 0 Å². The summed E-state index contributed by atoms with van der Waals surface area (Å²) in [6.07, 6.45) is 11.6. The Balaban J connectivity index is 1.31. The van der Waals surface area contributed by atoms with E-state index in [-0.39, 0.29) is 5.97 Å². The molecule has 0 heterocycles. The molecule has 0 N–H and O–H groups in total. The van der Waals surface area contributed by atoms with E-state index in [9.17, 15) is 4.79 Å². The highest BCUT2D eigenvalue weighted by molar-refractivity contribution is 5.69. The summed E-state index contributed by atoms with van der Waals surface area (Å²) in [4.78, 5) is 11.8. The molecule has 6 bridgehead atoms. The van der Waals surface area contributed by atoms with Gasteiger partial charge in [0.1, 0.15) is 0 Å². The van der Waals surface area contributed by atoms with Crippen LogP contribution in [0.2, 0.25) is 0 Å². The zero-order chi connectivity index (χ0) is 14.6. The van der Waals surface area contributed by atoms with Crippen molar-refractivity contribution < 1.29 is 9.53 Å². The summed E-state index contributed by atoms with van der Waals surface area (Å²) in [6, 6.07) is 0. The average Bonchev–Trinajstić information content (AvgIpc) is 3.28. The smallest absolute Gasteiger partial charge is 0.305 e. The van der Waals surface area contributed by atoms with Crippen LogP contribution in [0.4, 0.5) is 0 Å². The maximum atomic E-state index is 11.8. The van der Waals surface area contributed by atoms with Crippen molar-refractivity contribution in [2.75, 3.05) is 7.11 Å². The molecule has 11 atom stereocenters. The Morgan fingerprint density at radius 3 is 2.36 bits per heavy atom. The van der Waals surface area contributed by atoms with Crippen LogP contribution < -0.4 is 0 Å². The van der Waals surface area contributed by atoms with E-state index in [4.69, 9.17) is 4.74 Å². The van der Waals surface area contributed by atoms with E-state index >= 15 is 0 Å². The zero-order valence-corrected chi connectivity index (χ0v) is 13.4. The van der Waals surface area contributed by atoms with Gasteiger partial charge in [0, 0.05) is 6.42 Å². The third-order valence-corrected chi connectivity index (χ3v) is 9.03. The predicted octanol–water partition coefficient (Wildman–Crippen LogP) is 3.53. The van der Waals surface area contributed by atoms with Gasteiger partial charge >= 0.3 is 5.97 Å². The lowest BCUT2D eigenvalue weighted by molar-refractivity contribution is -0.142. The van der Waals surface area contributed by atoms with Crippen LogP contribution in [0.5, 0.6) is 0 Å². The van der Waals surface area contributed by atoms with Gasteiger partial charge in [0.25, 0.3) is 0 Å². The molecule has 0 amide bonds. The maximum absolute atomic E-state index is 11.8. The fourth-order valence-corrected chi connectivity index (χ4v) is 8.92. The number of rotatable bonds is 2. The number of hydrogen-bond donors (Lipinski definition) is 0. The molecule has 0 aliphatic heterocycles. The normalized spacial score (nSPS) is 61.8. The molecule has 2 nitrogen and oxygen atoms in total. The fourth-order valence-electron chi connectivity index (χ4n) is 8.92. The van der Waals surface area contributed by atoms with Gasteiger partial charge in [-0.1, -0.05) is 12.2 Å². The van der Waals surface area contributed by atoms with Gasteiger partial charge < -0.3 is 4.74 Å². The minimum Gasteiger partial charge on any atom is -0.469 e. The lowest BCUT2D eigenvalue weighted by Gasteiger charge is -2.45. The highest BCUT2D eigenvalue weighted by Gasteiger charge is 2.70. The van der Waals surface area contributed by atoms with E-state index in [1.54, 1.807) is 7.11 Å². The highest BCUT2D eigenvalue weighted by Crippen LogP contribution is 2.76. The van der Waals surface area contributed by atoms with Crippen molar-refractivity contribution in [3.05, 3.63) is 12.2 Å².